The van der Waals surface area contributed by atoms with Gasteiger partial charge >= 0.3 is 0 Å². The fourth-order valence-corrected chi connectivity index (χ4v) is 2.59. The van der Waals surface area contributed by atoms with E-state index in [1.807, 2.05) is 0 Å². The molecule has 1 aromatic carbocycles. The number of amides is 1. The summed E-state index contributed by atoms with van der Waals surface area (Å²) >= 11 is 0. The number of carbonyl (C=O) groups is 1. The van der Waals surface area contributed by atoms with Crippen molar-refractivity contribution in [3.63, 3.8) is 0 Å². The molecular formula is C15H20FNO. The van der Waals surface area contributed by atoms with Crippen LogP contribution < -0.4 is 5.32 Å². The molecule has 0 spiro atoms. The van der Waals surface area contributed by atoms with Crippen LogP contribution in [0, 0.1) is 12.7 Å². The minimum Gasteiger partial charge on any atom is -0.347 e. The fraction of sp³-hybridized carbons (Fsp3) is 0.533. The maximum absolute atomic E-state index is 13.2. The molecule has 3 heteroatoms. The van der Waals surface area contributed by atoms with Crippen molar-refractivity contribution >= 4 is 5.91 Å². The van der Waals surface area contributed by atoms with E-state index in [2.05, 4.69) is 12.2 Å². The van der Waals surface area contributed by atoms with E-state index in [0.29, 0.717) is 11.1 Å². The Morgan fingerprint density at radius 1 is 1.28 bits per heavy atom. The Morgan fingerprint density at radius 2 is 1.94 bits per heavy atom. The highest BCUT2D eigenvalue weighted by Gasteiger charge is 2.28. The van der Waals surface area contributed by atoms with Crippen LogP contribution in [-0.2, 0) is 0 Å². The zero-order chi connectivity index (χ0) is 13.2. The van der Waals surface area contributed by atoms with E-state index in [4.69, 9.17) is 0 Å². The quantitative estimate of drug-likeness (QED) is 0.852. The van der Waals surface area contributed by atoms with Gasteiger partial charge in [-0.3, -0.25) is 4.79 Å². The summed E-state index contributed by atoms with van der Waals surface area (Å²) in [6, 6.07) is 4.51. The van der Waals surface area contributed by atoms with Crippen molar-refractivity contribution in [2.45, 2.75) is 51.5 Å². The Bertz CT molecular complexity index is 450. The molecule has 18 heavy (non-hydrogen) atoms. The Kier molecular flexibility index (Phi) is 3.69. The molecule has 0 aromatic heterocycles. The second-order valence-corrected chi connectivity index (χ2v) is 5.54. The number of hydrogen-bond acceptors (Lipinski definition) is 1. The summed E-state index contributed by atoms with van der Waals surface area (Å²) in [5.41, 5.74) is 0.953. The molecule has 0 saturated heterocycles. The monoisotopic (exact) mass is 249 g/mol. The average Bonchev–Trinajstić information content (AvgIpc) is 2.33. The Labute approximate surface area is 108 Å². The van der Waals surface area contributed by atoms with Crippen LogP contribution in [0.2, 0.25) is 0 Å². The molecule has 2 nitrogen and oxygen atoms in total. The van der Waals surface area contributed by atoms with Crippen LogP contribution in [0.4, 0.5) is 4.39 Å². The summed E-state index contributed by atoms with van der Waals surface area (Å²) in [4.78, 5) is 12.1. The summed E-state index contributed by atoms with van der Waals surface area (Å²) in [5.74, 6) is -0.363. The molecule has 1 amide bonds. The zero-order valence-corrected chi connectivity index (χ0v) is 11.1. The standard InChI is InChI=1S/C15H20FNO/c1-11-10-12(6-7-13(11)16)14(18)17-15(2)8-4-3-5-9-15/h6-7,10H,3-5,8-9H2,1-2H3,(H,17,18). The van der Waals surface area contributed by atoms with Crippen molar-refractivity contribution in [3.05, 3.63) is 35.1 Å². The lowest BCUT2D eigenvalue weighted by molar-refractivity contribution is 0.0882. The summed E-state index contributed by atoms with van der Waals surface area (Å²) in [6.07, 6.45) is 5.64. The maximum atomic E-state index is 13.2. The van der Waals surface area contributed by atoms with Gasteiger partial charge in [-0.25, -0.2) is 4.39 Å². The van der Waals surface area contributed by atoms with Crippen molar-refractivity contribution in [1.82, 2.24) is 5.32 Å². The molecule has 0 bridgehead atoms. The van der Waals surface area contributed by atoms with Crippen molar-refractivity contribution in [2.24, 2.45) is 0 Å². The Hall–Kier alpha value is -1.38. The molecule has 1 aromatic rings. The van der Waals surface area contributed by atoms with Gasteiger partial charge in [-0.1, -0.05) is 19.3 Å². The average molecular weight is 249 g/mol. The minimum absolute atomic E-state index is 0.0949. The molecule has 1 fully saturated rings. The number of carbonyl (C=O) groups excluding carboxylic acids is 1. The first-order valence-corrected chi connectivity index (χ1v) is 6.59. The number of halogens is 1. The first-order chi connectivity index (χ1) is 8.50. The van der Waals surface area contributed by atoms with Crippen LogP contribution in [0.3, 0.4) is 0 Å². The highest BCUT2D eigenvalue weighted by Crippen LogP contribution is 2.27. The Morgan fingerprint density at radius 3 is 2.56 bits per heavy atom. The molecule has 1 aliphatic carbocycles. The lowest BCUT2D eigenvalue weighted by Gasteiger charge is -2.34. The number of aryl methyl sites for hydroxylation is 1. The lowest BCUT2D eigenvalue weighted by atomic mass is 9.83. The summed E-state index contributed by atoms with van der Waals surface area (Å²) in [7, 11) is 0. The predicted octanol–water partition coefficient (Wildman–Crippen LogP) is 3.59. The van der Waals surface area contributed by atoms with E-state index in [-0.39, 0.29) is 17.3 Å². The number of benzene rings is 1. The minimum atomic E-state index is -0.268. The van der Waals surface area contributed by atoms with Crippen LogP contribution in [0.1, 0.15) is 54.9 Å². The van der Waals surface area contributed by atoms with E-state index >= 15 is 0 Å². The van der Waals surface area contributed by atoms with Crippen LogP contribution in [0.25, 0.3) is 0 Å². The predicted molar refractivity (Wildman–Crippen MR) is 70.1 cm³/mol. The van der Waals surface area contributed by atoms with Gasteiger partial charge in [-0.05, 0) is 50.5 Å². The third-order valence-electron chi connectivity index (χ3n) is 3.79. The molecule has 2 rings (SSSR count). The molecule has 98 valence electrons. The van der Waals surface area contributed by atoms with Crippen LogP contribution in [-0.4, -0.2) is 11.4 Å². The van der Waals surface area contributed by atoms with Crippen molar-refractivity contribution < 1.29 is 9.18 Å². The van der Waals surface area contributed by atoms with Crippen molar-refractivity contribution in [2.75, 3.05) is 0 Å². The first-order valence-electron chi connectivity index (χ1n) is 6.59. The second-order valence-electron chi connectivity index (χ2n) is 5.54. The van der Waals surface area contributed by atoms with E-state index in [0.717, 1.165) is 12.8 Å². The first kappa shape index (κ1) is 13.1. The lowest BCUT2D eigenvalue weighted by Crippen LogP contribution is -2.47. The third-order valence-corrected chi connectivity index (χ3v) is 3.79. The molecule has 1 N–H and O–H groups in total. The summed E-state index contributed by atoms with van der Waals surface area (Å²) in [6.45, 7) is 3.77. The molecule has 0 atom stereocenters. The van der Waals surface area contributed by atoms with E-state index in [9.17, 15) is 9.18 Å². The van der Waals surface area contributed by atoms with Gasteiger partial charge in [0.15, 0.2) is 0 Å². The number of rotatable bonds is 2. The van der Waals surface area contributed by atoms with Crippen molar-refractivity contribution in [1.29, 1.82) is 0 Å². The van der Waals surface area contributed by atoms with Gasteiger partial charge in [0.25, 0.3) is 5.91 Å². The Balaban J connectivity index is 2.09. The molecule has 0 unspecified atom stereocenters. The second kappa shape index (κ2) is 5.09. The molecule has 0 radical (unpaired) electrons. The van der Waals surface area contributed by atoms with Gasteiger partial charge in [0, 0.05) is 11.1 Å². The number of hydrogen-bond donors (Lipinski definition) is 1. The molecule has 1 aliphatic rings. The highest BCUT2D eigenvalue weighted by molar-refractivity contribution is 5.94. The van der Waals surface area contributed by atoms with Crippen molar-refractivity contribution in [3.8, 4) is 0 Å². The van der Waals surface area contributed by atoms with Gasteiger partial charge in [0.05, 0.1) is 0 Å². The largest absolute Gasteiger partial charge is 0.347 e. The smallest absolute Gasteiger partial charge is 0.251 e. The topological polar surface area (TPSA) is 29.1 Å². The van der Waals surface area contributed by atoms with Gasteiger partial charge in [0.2, 0.25) is 0 Å². The van der Waals surface area contributed by atoms with E-state index < -0.39 is 0 Å². The van der Waals surface area contributed by atoms with Gasteiger partial charge < -0.3 is 5.32 Å². The summed E-state index contributed by atoms with van der Waals surface area (Å²) in [5, 5.41) is 3.10. The van der Waals surface area contributed by atoms with Crippen LogP contribution in [0.5, 0.6) is 0 Å². The highest BCUT2D eigenvalue weighted by atomic mass is 19.1. The van der Waals surface area contributed by atoms with E-state index in [1.165, 1.54) is 25.3 Å². The molecule has 0 heterocycles. The molecule has 1 saturated carbocycles. The van der Waals surface area contributed by atoms with Crippen LogP contribution >= 0.6 is 0 Å². The SMILES string of the molecule is Cc1cc(C(=O)NC2(C)CCCCC2)ccc1F. The number of nitrogens with one attached hydrogen (secondary N) is 1. The van der Waals surface area contributed by atoms with E-state index in [1.54, 1.807) is 19.1 Å². The maximum Gasteiger partial charge on any atom is 0.251 e. The molecular weight excluding hydrogens is 229 g/mol. The van der Waals surface area contributed by atoms with Gasteiger partial charge in [-0.15, -0.1) is 0 Å². The summed E-state index contributed by atoms with van der Waals surface area (Å²) < 4.78 is 13.2. The molecule has 0 aliphatic heterocycles. The van der Waals surface area contributed by atoms with Gasteiger partial charge in [0.1, 0.15) is 5.82 Å². The van der Waals surface area contributed by atoms with Gasteiger partial charge in [-0.2, -0.15) is 0 Å². The fourth-order valence-electron chi connectivity index (χ4n) is 2.59. The normalized spacial score (nSPS) is 18.4. The third kappa shape index (κ3) is 2.89. The van der Waals surface area contributed by atoms with Crippen LogP contribution in [0.15, 0.2) is 18.2 Å². The zero-order valence-electron chi connectivity index (χ0n) is 11.1.